The zero-order valence-corrected chi connectivity index (χ0v) is 19.3. The molecule has 1 aromatic carbocycles. The number of carbonyl (C=O) groups is 1. The van der Waals surface area contributed by atoms with Crippen LogP contribution in [-0.4, -0.2) is 11.1 Å². The Balaban J connectivity index is 1.94. The molecule has 1 rings (SSSR count). The summed E-state index contributed by atoms with van der Waals surface area (Å²) in [5.41, 5.74) is 2.08. The summed E-state index contributed by atoms with van der Waals surface area (Å²) in [7, 11) is 0. The topological polar surface area (TPSA) is 37.3 Å². The molecule has 1 unspecified atom stereocenters. The van der Waals surface area contributed by atoms with Crippen molar-refractivity contribution in [1.82, 2.24) is 0 Å². The van der Waals surface area contributed by atoms with Crippen LogP contribution in [0.3, 0.4) is 0 Å². The van der Waals surface area contributed by atoms with Crippen LogP contribution in [0.1, 0.15) is 133 Å². The van der Waals surface area contributed by atoms with Crippen LogP contribution >= 0.6 is 0 Å². The lowest BCUT2D eigenvalue weighted by Crippen LogP contribution is -2.12. The van der Waals surface area contributed by atoms with Crippen LogP contribution in [0.4, 0.5) is 0 Å². The summed E-state index contributed by atoms with van der Waals surface area (Å²) in [6.45, 7) is 4.29. The normalized spacial score (nSPS) is 12.2. The largest absolute Gasteiger partial charge is 0.481 e. The van der Waals surface area contributed by atoms with Gasteiger partial charge in [-0.25, -0.2) is 0 Å². The van der Waals surface area contributed by atoms with Gasteiger partial charge in [-0.1, -0.05) is 134 Å². The molecule has 29 heavy (non-hydrogen) atoms. The van der Waals surface area contributed by atoms with E-state index in [0.29, 0.717) is 0 Å². The zero-order chi connectivity index (χ0) is 21.2. The molecule has 0 heterocycles. The van der Waals surface area contributed by atoms with Crippen LogP contribution in [0.5, 0.6) is 0 Å². The molecule has 0 aliphatic rings. The molecule has 1 aromatic rings. The van der Waals surface area contributed by atoms with Gasteiger partial charge in [0, 0.05) is 0 Å². The van der Waals surface area contributed by atoms with Crippen LogP contribution in [0.15, 0.2) is 24.3 Å². The maximum Gasteiger partial charge on any atom is 0.310 e. The Morgan fingerprint density at radius 2 is 1.14 bits per heavy atom. The first kappa shape index (κ1) is 25.7. The molecule has 0 aliphatic heterocycles. The van der Waals surface area contributed by atoms with E-state index in [2.05, 4.69) is 6.92 Å². The number of carboxylic acid groups (broad SMARTS) is 1. The fourth-order valence-corrected chi connectivity index (χ4v) is 4.29. The second-order valence-electron chi connectivity index (χ2n) is 8.84. The molecular formula is C27H46O2. The number of aliphatic carboxylic acids is 1. The van der Waals surface area contributed by atoms with Gasteiger partial charge in [0.1, 0.15) is 0 Å². The Kier molecular flexibility index (Phi) is 15.6. The molecule has 0 fully saturated rings. The predicted molar refractivity (Wildman–Crippen MR) is 126 cm³/mol. The van der Waals surface area contributed by atoms with Crippen molar-refractivity contribution < 1.29 is 9.90 Å². The molecule has 166 valence electrons. The quantitative estimate of drug-likeness (QED) is 0.235. The van der Waals surface area contributed by atoms with Gasteiger partial charge in [0.25, 0.3) is 0 Å². The van der Waals surface area contributed by atoms with E-state index in [0.717, 1.165) is 30.4 Å². The minimum absolute atomic E-state index is 0.345. The smallest absolute Gasteiger partial charge is 0.310 e. The third-order valence-electron chi connectivity index (χ3n) is 6.21. The molecule has 1 N–H and O–H groups in total. The van der Waals surface area contributed by atoms with E-state index in [4.69, 9.17) is 0 Å². The summed E-state index contributed by atoms with van der Waals surface area (Å²) < 4.78 is 0. The molecule has 0 radical (unpaired) electrons. The summed E-state index contributed by atoms with van der Waals surface area (Å²) in [4.78, 5) is 11.6. The van der Waals surface area contributed by atoms with Crippen LogP contribution in [0, 0.1) is 6.92 Å². The maximum atomic E-state index is 11.6. The fourth-order valence-electron chi connectivity index (χ4n) is 4.29. The average molecular weight is 403 g/mol. The Bertz CT molecular complexity index is 523. The van der Waals surface area contributed by atoms with Gasteiger partial charge >= 0.3 is 5.97 Å². The highest BCUT2D eigenvalue weighted by atomic mass is 16.4. The highest BCUT2D eigenvalue weighted by Gasteiger charge is 2.20. The first-order chi connectivity index (χ1) is 14.2. The number of unbranched alkanes of at least 4 members (excludes halogenated alkanes) is 15. The highest BCUT2D eigenvalue weighted by Crippen LogP contribution is 2.26. The van der Waals surface area contributed by atoms with Gasteiger partial charge in [0.2, 0.25) is 0 Å². The number of carboxylic acids is 1. The number of aryl methyl sites for hydroxylation is 1. The molecule has 0 saturated heterocycles. The van der Waals surface area contributed by atoms with Gasteiger partial charge in [-0.15, -0.1) is 0 Å². The number of hydrogen-bond acceptors (Lipinski definition) is 1. The zero-order valence-electron chi connectivity index (χ0n) is 19.3. The van der Waals surface area contributed by atoms with E-state index in [1.54, 1.807) is 0 Å². The molecule has 0 spiro atoms. The average Bonchev–Trinajstić information content (AvgIpc) is 2.71. The Hall–Kier alpha value is -1.31. The molecule has 0 aliphatic carbocycles. The summed E-state index contributed by atoms with van der Waals surface area (Å²) in [5.74, 6) is -1.02. The number of benzene rings is 1. The highest BCUT2D eigenvalue weighted by molar-refractivity contribution is 5.76. The Morgan fingerprint density at radius 1 is 0.724 bits per heavy atom. The minimum Gasteiger partial charge on any atom is -0.481 e. The van der Waals surface area contributed by atoms with Crippen molar-refractivity contribution in [3.63, 3.8) is 0 Å². The van der Waals surface area contributed by atoms with Crippen molar-refractivity contribution in [1.29, 1.82) is 0 Å². The minimum atomic E-state index is -0.680. The second kappa shape index (κ2) is 17.5. The first-order valence-electron chi connectivity index (χ1n) is 12.4. The van der Waals surface area contributed by atoms with E-state index in [-0.39, 0.29) is 5.92 Å². The van der Waals surface area contributed by atoms with Crippen molar-refractivity contribution in [2.75, 3.05) is 0 Å². The molecule has 0 saturated carbocycles. The molecule has 0 bridgehead atoms. The van der Waals surface area contributed by atoms with Crippen molar-refractivity contribution >= 4 is 5.97 Å². The van der Waals surface area contributed by atoms with E-state index >= 15 is 0 Å². The van der Waals surface area contributed by atoms with Gasteiger partial charge in [0.05, 0.1) is 5.92 Å². The van der Waals surface area contributed by atoms with E-state index in [1.807, 2.05) is 31.2 Å². The van der Waals surface area contributed by atoms with Crippen LogP contribution in [0.2, 0.25) is 0 Å². The summed E-state index contributed by atoms with van der Waals surface area (Å²) >= 11 is 0. The fraction of sp³-hybridized carbons (Fsp3) is 0.741. The van der Waals surface area contributed by atoms with Crippen molar-refractivity contribution in [2.24, 2.45) is 0 Å². The molecular weight excluding hydrogens is 356 g/mol. The van der Waals surface area contributed by atoms with Crippen LogP contribution in [-0.2, 0) is 4.79 Å². The monoisotopic (exact) mass is 402 g/mol. The second-order valence-corrected chi connectivity index (χ2v) is 8.84. The van der Waals surface area contributed by atoms with E-state index in [9.17, 15) is 9.90 Å². The van der Waals surface area contributed by atoms with Gasteiger partial charge in [0.15, 0.2) is 0 Å². The molecule has 1 atom stereocenters. The predicted octanol–water partition coefficient (Wildman–Crippen LogP) is 8.81. The van der Waals surface area contributed by atoms with Gasteiger partial charge < -0.3 is 5.11 Å². The van der Waals surface area contributed by atoms with E-state index < -0.39 is 5.97 Å². The summed E-state index contributed by atoms with van der Waals surface area (Å²) in [5, 5.41) is 9.58. The summed E-state index contributed by atoms with van der Waals surface area (Å²) in [6.07, 6.45) is 22.4. The Morgan fingerprint density at radius 3 is 1.55 bits per heavy atom. The van der Waals surface area contributed by atoms with Gasteiger partial charge in [-0.3, -0.25) is 4.79 Å². The van der Waals surface area contributed by atoms with Crippen LogP contribution in [0.25, 0.3) is 0 Å². The van der Waals surface area contributed by atoms with Crippen molar-refractivity contribution in [3.8, 4) is 0 Å². The lowest BCUT2D eigenvalue weighted by Gasteiger charge is -2.15. The maximum absolute atomic E-state index is 11.6. The van der Waals surface area contributed by atoms with Gasteiger partial charge in [-0.05, 0) is 24.5 Å². The molecule has 2 heteroatoms. The lowest BCUT2D eigenvalue weighted by atomic mass is 9.90. The Labute approximate surface area is 180 Å². The van der Waals surface area contributed by atoms with Crippen molar-refractivity contribution in [3.05, 3.63) is 35.4 Å². The molecule has 2 nitrogen and oxygen atoms in total. The van der Waals surface area contributed by atoms with Crippen molar-refractivity contribution in [2.45, 2.75) is 129 Å². The SMILES string of the molecule is CCCCCCCCCCCCCCCCCCC(C(=O)O)c1ccccc1C. The first-order valence-corrected chi connectivity index (χ1v) is 12.4. The molecule has 0 amide bonds. The summed E-state index contributed by atoms with van der Waals surface area (Å²) in [6, 6.07) is 7.91. The standard InChI is InChI=1S/C27H46O2/c1-3-4-5-6-7-8-9-10-11-12-13-14-15-16-17-18-23-26(27(28)29)25-22-20-19-21-24(25)2/h19-22,26H,3-18,23H2,1-2H3,(H,28,29). The molecule has 0 aromatic heterocycles. The third-order valence-corrected chi connectivity index (χ3v) is 6.21. The third kappa shape index (κ3) is 12.8. The number of hydrogen-bond donors (Lipinski definition) is 1. The van der Waals surface area contributed by atoms with Crippen LogP contribution < -0.4 is 0 Å². The van der Waals surface area contributed by atoms with E-state index in [1.165, 1.54) is 89.9 Å². The number of rotatable bonds is 19. The lowest BCUT2D eigenvalue weighted by molar-refractivity contribution is -0.139. The van der Waals surface area contributed by atoms with Gasteiger partial charge in [-0.2, -0.15) is 0 Å².